The van der Waals surface area contributed by atoms with Gasteiger partial charge in [0.05, 0.1) is 0 Å². The van der Waals surface area contributed by atoms with Gasteiger partial charge in [-0.2, -0.15) is 0 Å². The van der Waals surface area contributed by atoms with E-state index in [1.165, 1.54) is 6.92 Å². The molecule has 2 atom stereocenters. The number of para-hydroxylation sites is 1. The van der Waals surface area contributed by atoms with Gasteiger partial charge in [-0.15, -0.1) is 0 Å². The normalized spacial score (nSPS) is 13.2. The molecule has 1 amide bonds. The van der Waals surface area contributed by atoms with Crippen molar-refractivity contribution in [1.29, 1.82) is 0 Å². The summed E-state index contributed by atoms with van der Waals surface area (Å²) in [6, 6.07) is 16.9. The van der Waals surface area contributed by atoms with Gasteiger partial charge in [0.25, 0.3) is 0 Å². The van der Waals surface area contributed by atoms with Crippen LogP contribution in [0.4, 0.5) is 11.4 Å². The van der Waals surface area contributed by atoms with Crippen LogP contribution in [0.1, 0.15) is 18.6 Å². The van der Waals surface area contributed by atoms with Crippen LogP contribution in [0, 0.1) is 0 Å². The first kappa shape index (κ1) is 16.0. The average Bonchev–Trinajstić information content (AvgIpc) is 2.53. The fraction of sp³-hybridized carbons (Fsp3) is 0.235. The number of hydrogen-bond donors (Lipinski definition) is 4. The molecule has 0 bridgehead atoms. The molecule has 2 rings (SSSR count). The Balaban J connectivity index is 2.05. The number of aliphatic hydroxyl groups excluding tert-OH is 2. The lowest BCUT2D eigenvalue weighted by atomic mass is 10.0. The minimum Gasteiger partial charge on any atom is -0.388 e. The summed E-state index contributed by atoms with van der Waals surface area (Å²) < 4.78 is 0. The van der Waals surface area contributed by atoms with Crippen LogP contribution in [-0.2, 0) is 4.79 Å². The standard InChI is InChI=1S/C17H20N2O3/c1-12(20)18-11-16(21)17(22)13-6-5-9-15(10-13)19-14-7-3-2-4-8-14/h2-10,16-17,19,21-22H,11H2,1H3,(H,18,20). The monoisotopic (exact) mass is 300 g/mol. The van der Waals surface area contributed by atoms with Gasteiger partial charge in [0.1, 0.15) is 12.2 Å². The third-order valence-corrected chi connectivity index (χ3v) is 3.22. The summed E-state index contributed by atoms with van der Waals surface area (Å²) >= 11 is 0. The Morgan fingerprint density at radius 3 is 2.41 bits per heavy atom. The van der Waals surface area contributed by atoms with Crippen LogP contribution in [0.2, 0.25) is 0 Å². The lowest BCUT2D eigenvalue weighted by Crippen LogP contribution is -2.34. The Morgan fingerprint density at radius 2 is 1.73 bits per heavy atom. The van der Waals surface area contributed by atoms with Crippen LogP contribution in [0.15, 0.2) is 54.6 Å². The van der Waals surface area contributed by atoms with Crippen molar-refractivity contribution in [2.75, 3.05) is 11.9 Å². The van der Waals surface area contributed by atoms with E-state index in [1.807, 2.05) is 36.4 Å². The zero-order valence-electron chi connectivity index (χ0n) is 12.4. The SMILES string of the molecule is CC(=O)NCC(O)C(O)c1cccc(Nc2ccccc2)c1. The minimum absolute atomic E-state index is 0.00679. The second-order valence-corrected chi connectivity index (χ2v) is 5.07. The third-order valence-electron chi connectivity index (χ3n) is 3.22. The van der Waals surface area contributed by atoms with E-state index in [4.69, 9.17) is 0 Å². The van der Waals surface area contributed by atoms with Gasteiger partial charge in [-0.1, -0.05) is 30.3 Å². The van der Waals surface area contributed by atoms with E-state index in [9.17, 15) is 15.0 Å². The molecule has 0 aliphatic rings. The predicted molar refractivity (Wildman–Crippen MR) is 85.8 cm³/mol. The van der Waals surface area contributed by atoms with Crippen molar-refractivity contribution in [3.63, 3.8) is 0 Å². The summed E-state index contributed by atoms with van der Waals surface area (Å²) in [5.41, 5.74) is 2.33. The van der Waals surface area contributed by atoms with Crippen LogP contribution in [0.5, 0.6) is 0 Å². The molecule has 5 nitrogen and oxygen atoms in total. The minimum atomic E-state index is -1.07. The molecule has 4 N–H and O–H groups in total. The van der Waals surface area contributed by atoms with E-state index in [2.05, 4.69) is 10.6 Å². The first-order valence-electron chi connectivity index (χ1n) is 7.09. The molecule has 0 saturated heterocycles. The smallest absolute Gasteiger partial charge is 0.216 e. The van der Waals surface area contributed by atoms with Crippen LogP contribution in [0.25, 0.3) is 0 Å². The van der Waals surface area contributed by atoms with Crippen LogP contribution >= 0.6 is 0 Å². The zero-order valence-corrected chi connectivity index (χ0v) is 12.4. The van der Waals surface area contributed by atoms with Crippen molar-refractivity contribution in [1.82, 2.24) is 5.32 Å². The van der Waals surface area contributed by atoms with Crippen molar-refractivity contribution in [2.24, 2.45) is 0 Å². The molecule has 0 radical (unpaired) electrons. The van der Waals surface area contributed by atoms with Crippen molar-refractivity contribution >= 4 is 17.3 Å². The molecular formula is C17H20N2O3. The molecule has 0 aromatic heterocycles. The molecule has 2 aromatic carbocycles. The Bertz CT molecular complexity index is 616. The van der Waals surface area contributed by atoms with Crippen molar-refractivity contribution in [2.45, 2.75) is 19.1 Å². The van der Waals surface area contributed by atoms with E-state index < -0.39 is 12.2 Å². The summed E-state index contributed by atoms with van der Waals surface area (Å²) in [6.07, 6.45) is -2.12. The molecule has 0 fully saturated rings. The Hall–Kier alpha value is -2.37. The molecule has 5 heteroatoms. The van der Waals surface area contributed by atoms with Crippen molar-refractivity contribution in [3.8, 4) is 0 Å². The van der Waals surface area contributed by atoms with Gasteiger partial charge < -0.3 is 20.8 Å². The molecule has 0 heterocycles. The number of anilines is 2. The van der Waals surface area contributed by atoms with E-state index >= 15 is 0 Å². The van der Waals surface area contributed by atoms with Gasteiger partial charge in [-0.25, -0.2) is 0 Å². The van der Waals surface area contributed by atoms with E-state index in [0.29, 0.717) is 5.56 Å². The number of hydrogen-bond acceptors (Lipinski definition) is 4. The van der Waals surface area contributed by atoms with Gasteiger partial charge in [0, 0.05) is 24.8 Å². The highest BCUT2D eigenvalue weighted by Crippen LogP contribution is 2.22. The quantitative estimate of drug-likeness (QED) is 0.657. The van der Waals surface area contributed by atoms with E-state index in [0.717, 1.165) is 11.4 Å². The molecule has 2 unspecified atom stereocenters. The maximum Gasteiger partial charge on any atom is 0.216 e. The summed E-state index contributed by atoms with van der Waals surface area (Å²) in [7, 11) is 0. The summed E-state index contributed by atoms with van der Waals surface area (Å²) in [4.78, 5) is 10.9. The number of aliphatic hydroxyl groups is 2. The fourth-order valence-corrected chi connectivity index (χ4v) is 2.07. The number of nitrogens with one attached hydrogen (secondary N) is 2. The van der Waals surface area contributed by atoms with Gasteiger partial charge in [-0.3, -0.25) is 4.79 Å². The third kappa shape index (κ3) is 4.58. The fourth-order valence-electron chi connectivity index (χ4n) is 2.07. The molecule has 116 valence electrons. The lowest BCUT2D eigenvalue weighted by molar-refractivity contribution is -0.119. The molecule has 0 spiro atoms. The number of carbonyl (C=O) groups is 1. The molecule has 0 aliphatic heterocycles. The first-order valence-corrected chi connectivity index (χ1v) is 7.09. The average molecular weight is 300 g/mol. The predicted octanol–water partition coefficient (Wildman–Crippen LogP) is 1.96. The summed E-state index contributed by atoms with van der Waals surface area (Å²) in [5.74, 6) is -0.245. The highest BCUT2D eigenvalue weighted by molar-refractivity contribution is 5.72. The first-order chi connectivity index (χ1) is 10.6. The molecule has 0 aliphatic carbocycles. The van der Waals surface area contributed by atoms with Crippen LogP contribution in [-0.4, -0.2) is 28.8 Å². The summed E-state index contributed by atoms with van der Waals surface area (Å²) in [5, 5.41) is 25.8. The largest absolute Gasteiger partial charge is 0.388 e. The van der Waals surface area contributed by atoms with Gasteiger partial charge in [0.2, 0.25) is 5.91 Å². The molecule has 2 aromatic rings. The maximum atomic E-state index is 10.9. The van der Waals surface area contributed by atoms with Crippen LogP contribution in [0.3, 0.4) is 0 Å². The lowest BCUT2D eigenvalue weighted by Gasteiger charge is -2.19. The van der Waals surface area contributed by atoms with Gasteiger partial charge in [-0.05, 0) is 29.8 Å². The topological polar surface area (TPSA) is 81.6 Å². The Morgan fingerprint density at radius 1 is 1.05 bits per heavy atom. The Labute approximate surface area is 129 Å². The number of benzene rings is 2. The maximum absolute atomic E-state index is 10.9. The van der Waals surface area contributed by atoms with Gasteiger partial charge in [0.15, 0.2) is 0 Å². The number of carbonyl (C=O) groups excluding carboxylic acids is 1. The molecule has 0 saturated carbocycles. The van der Waals surface area contributed by atoms with Gasteiger partial charge >= 0.3 is 0 Å². The number of rotatable bonds is 6. The number of amides is 1. The summed E-state index contributed by atoms with van der Waals surface area (Å²) in [6.45, 7) is 1.37. The highest BCUT2D eigenvalue weighted by atomic mass is 16.3. The molecule has 22 heavy (non-hydrogen) atoms. The highest BCUT2D eigenvalue weighted by Gasteiger charge is 2.18. The zero-order chi connectivity index (χ0) is 15.9. The van der Waals surface area contributed by atoms with Crippen molar-refractivity contribution in [3.05, 3.63) is 60.2 Å². The van der Waals surface area contributed by atoms with E-state index in [1.54, 1.807) is 18.2 Å². The second-order valence-electron chi connectivity index (χ2n) is 5.07. The van der Waals surface area contributed by atoms with Crippen molar-refractivity contribution < 1.29 is 15.0 Å². The van der Waals surface area contributed by atoms with Crippen LogP contribution < -0.4 is 10.6 Å². The molecular weight excluding hydrogens is 280 g/mol. The van der Waals surface area contributed by atoms with E-state index in [-0.39, 0.29) is 12.5 Å². The Kier molecular flexibility index (Phi) is 5.52. The second kappa shape index (κ2) is 7.59.